The molecule has 9 heteroatoms. The molecule has 7 nitrogen and oxygen atoms in total. The average Bonchev–Trinajstić information content (AvgIpc) is 2.97. The first-order valence-corrected chi connectivity index (χ1v) is 9.55. The molecule has 0 aliphatic carbocycles. The lowest BCUT2D eigenvalue weighted by Gasteiger charge is -2.33. The molecule has 21 heavy (non-hydrogen) atoms. The van der Waals surface area contributed by atoms with E-state index in [2.05, 4.69) is 4.98 Å². The maximum absolute atomic E-state index is 12.2. The van der Waals surface area contributed by atoms with Gasteiger partial charge in [0.15, 0.2) is 15.5 Å². The van der Waals surface area contributed by atoms with Crippen LogP contribution in [0, 0.1) is 0 Å². The van der Waals surface area contributed by atoms with Gasteiger partial charge in [0.05, 0.1) is 6.61 Å². The van der Waals surface area contributed by atoms with E-state index in [1.165, 1.54) is 6.26 Å². The third-order valence-corrected chi connectivity index (χ3v) is 6.41. The highest BCUT2D eigenvalue weighted by Crippen LogP contribution is 2.27. The number of thioether (sulfide) groups is 1. The highest BCUT2D eigenvalue weighted by molar-refractivity contribution is 8.01. The first-order chi connectivity index (χ1) is 9.99. The van der Waals surface area contributed by atoms with Crippen molar-refractivity contribution in [1.82, 2.24) is 4.98 Å². The van der Waals surface area contributed by atoms with Crippen LogP contribution in [-0.2, 0) is 14.6 Å². The zero-order valence-electron chi connectivity index (χ0n) is 11.9. The molecule has 1 aromatic rings. The van der Waals surface area contributed by atoms with Crippen LogP contribution in [-0.4, -0.2) is 55.2 Å². The van der Waals surface area contributed by atoms with Gasteiger partial charge in [0.1, 0.15) is 11.6 Å². The van der Waals surface area contributed by atoms with Gasteiger partial charge in [-0.3, -0.25) is 0 Å². The molecular weight excluding hydrogens is 316 g/mol. The van der Waals surface area contributed by atoms with Gasteiger partial charge in [-0.05, 0) is 6.92 Å². The second kappa shape index (κ2) is 6.69. The number of carbonyl (C=O) groups excluding carboxylic acids is 1. The van der Waals surface area contributed by atoms with Crippen LogP contribution in [0.25, 0.3) is 0 Å². The van der Waals surface area contributed by atoms with Crippen LogP contribution in [0.3, 0.4) is 0 Å². The van der Waals surface area contributed by atoms with E-state index >= 15 is 0 Å². The maximum atomic E-state index is 12.2. The number of oxazole rings is 1. The molecule has 0 aromatic carbocycles. The van der Waals surface area contributed by atoms with Gasteiger partial charge >= 0.3 is 5.97 Å². The molecule has 0 radical (unpaired) electrons. The Bertz CT molecular complexity index is 599. The Labute approximate surface area is 128 Å². The van der Waals surface area contributed by atoms with E-state index in [0.717, 1.165) is 5.75 Å². The molecule has 1 aliphatic rings. The van der Waals surface area contributed by atoms with E-state index in [4.69, 9.17) is 9.15 Å². The van der Waals surface area contributed by atoms with Crippen LogP contribution in [0.2, 0.25) is 0 Å². The van der Waals surface area contributed by atoms with Crippen LogP contribution >= 0.6 is 11.8 Å². The minimum atomic E-state index is -3.25. The van der Waals surface area contributed by atoms with E-state index in [0.29, 0.717) is 12.3 Å². The summed E-state index contributed by atoms with van der Waals surface area (Å²) in [6.07, 6.45) is 1.20. The van der Waals surface area contributed by atoms with Gasteiger partial charge in [0, 0.05) is 23.8 Å². The summed E-state index contributed by atoms with van der Waals surface area (Å²) in [5.41, 5.74) is 0.0534. The summed E-state index contributed by atoms with van der Waals surface area (Å²) in [5.74, 6) is 0.731. The monoisotopic (exact) mass is 334 g/mol. The van der Waals surface area contributed by atoms with Crippen molar-refractivity contribution < 1.29 is 22.4 Å². The summed E-state index contributed by atoms with van der Waals surface area (Å²) in [6, 6.07) is 0.153. The van der Waals surface area contributed by atoms with E-state index in [1.54, 1.807) is 30.5 Å². The zero-order valence-corrected chi connectivity index (χ0v) is 13.6. The van der Waals surface area contributed by atoms with Gasteiger partial charge in [0.2, 0.25) is 0 Å². The minimum Gasteiger partial charge on any atom is -0.461 e. The first kappa shape index (κ1) is 16.2. The zero-order chi connectivity index (χ0) is 15.5. The Balaban J connectivity index is 2.24. The number of rotatable bonds is 5. The van der Waals surface area contributed by atoms with Crippen LogP contribution in [0.15, 0.2) is 10.7 Å². The van der Waals surface area contributed by atoms with Crippen molar-refractivity contribution in [2.24, 2.45) is 0 Å². The lowest BCUT2D eigenvalue weighted by molar-refractivity contribution is 0.0519. The van der Waals surface area contributed by atoms with Gasteiger partial charge in [-0.2, -0.15) is 16.7 Å². The summed E-state index contributed by atoms with van der Waals surface area (Å²) < 4.78 is 34.5. The van der Waals surface area contributed by atoms with Crippen molar-refractivity contribution in [1.29, 1.82) is 0 Å². The average molecular weight is 334 g/mol. The van der Waals surface area contributed by atoms with Crippen LogP contribution in [0.4, 0.5) is 6.01 Å². The topological polar surface area (TPSA) is 89.7 Å². The van der Waals surface area contributed by atoms with Gasteiger partial charge in [-0.1, -0.05) is 6.92 Å². The molecule has 0 amide bonds. The van der Waals surface area contributed by atoms with Crippen LogP contribution in [0.5, 0.6) is 0 Å². The SMILES string of the molecule is CCOC(=O)c1coc(N2CCSCC2S(=O)(=O)CC)n1. The number of aromatic nitrogens is 1. The standard InChI is InChI=1S/C12H18N2O5S2/c1-3-18-11(15)9-7-19-12(13-9)14-5-6-20-8-10(14)21(16,17)4-2/h7,10H,3-6,8H2,1-2H3. The Kier molecular flexibility index (Phi) is 5.15. The molecule has 1 atom stereocenters. The lowest BCUT2D eigenvalue weighted by atomic mass is 10.5. The smallest absolute Gasteiger partial charge is 0.360 e. The number of hydrogen-bond acceptors (Lipinski definition) is 8. The van der Waals surface area contributed by atoms with E-state index < -0.39 is 21.2 Å². The largest absolute Gasteiger partial charge is 0.461 e. The molecular formula is C12H18N2O5S2. The van der Waals surface area contributed by atoms with Gasteiger partial charge in [0.25, 0.3) is 6.01 Å². The van der Waals surface area contributed by atoms with Crippen molar-refractivity contribution >= 4 is 33.6 Å². The highest BCUT2D eigenvalue weighted by atomic mass is 32.2. The molecule has 0 saturated carbocycles. The Morgan fingerprint density at radius 3 is 3.00 bits per heavy atom. The molecule has 1 unspecified atom stereocenters. The maximum Gasteiger partial charge on any atom is 0.360 e. The van der Waals surface area contributed by atoms with Crippen molar-refractivity contribution in [3.8, 4) is 0 Å². The summed E-state index contributed by atoms with van der Waals surface area (Å²) in [6.45, 7) is 4.07. The van der Waals surface area contributed by atoms with Crippen molar-refractivity contribution in [3.63, 3.8) is 0 Å². The fraction of sp³-hybridized carbons (Fsp3) is 0.667. The van der Waals surface area contributed by atoms with Gasteiger partial charge in [-0.15, -0.1) is 0 Å². The predicted octanol–water partition coefficient (Wildman–Crippen LogP) is 1.17. The molecule has 0 spiro atoms. The van der Waals surface area contributed by atoms with Gasteiger partial charge < -0.3 is 14.1 Å². The summed E-state index contributed by atoms with van der Waals surface area (Å²) in [4.78, 5) is 17.3. The molecule has 1 fully saturated rings. The minimum absolute atomic E-state index is 0.0534. The molecule has 1 saturated heterocycles. The van der Waals surface area contributed by atoms with Crippen molar-refractivity contribution in [2.75, 3.05) is 35.3 Å². The second-order valence-electron chi connectivity index (χ2n) is 4.41. The molecule has 1 aromatic heterocycles. The normalized spacial score (nSPS) is 19.5. The first-order valence-electron chi connectivity index (χ1n) is 6.68. The third kappa shape index (κ3) is 3.52. The number of ether oxygens (including phenoxy) is 1. The number of sulfone groups is 1. The van der Waals surface area contributed by atoms with Crippen molar-refractivity contribution in [3.05, 3.63) is 12.0 Å². The lowest BCUT2D eigenvalue weighted by Crippen LogP contribution is -2.48. The summed E-state index contributed by atoms with van der Waals surface area (Å²) in [5, 5.41) is -0.671. The molecule has 0 N–H and O–H groups in total. The quantitative estimate of drug-likeness (QED) is 0.741. The fourth-order valence-corrected chi connectivity index (χ4v) is 4.94. The van der Waals surface area contributed by atoms with E-state index in [-0.39, 0.29) is 24.1 Å². The Morgan fingerprint density at radius 1 is 1.57 bits per heavy atom. The number of carbonyl (C=O) groups is 1. The summed E-state index contributed by atoms with van der Waals surface area (Å²) in [7, 11) is -3.25. The third-order valence-electron chi connectivity index (χ3n) is 3.12. The number of nitrogens with zero attached hydrogens (tertiary/aromatic N) is 2. The van der Waals surface area contributed by atoms with E-state index in [9.17, 15) is 13.2 Å². The fourth-order valence-electron chi connectivity index (χ4n) is 1.98. The Morgan fingerprint density at radius 2 is 2.33 bits per heavy atom. The van der Waals surface area contributed by atoms with Gasteiger partial charge in [-0.25, -0.2) is 13.2 Å². The van der Waals surface area contributed by atoms with E-state index in [1.807, 2.05) is 0 Å². The molecule has 118 valence electrons. The number of esters is 1. The predicted molar refractivity (Wildman–Crippen MR) is 80.4 cm³/mol. The summed E-state index contributed by atoms with van der Waals surface area (Å²) >= 11 is 1.58. The number of hydrogen-bond donors (Lipinski definition) is 0. The second-order valence-corrected chi connectivity index (χ2v) is 8.01. The van der Waals surface area contributed by atoms with Crippen molar-refractivity contribution in [2.45, 2.75) is 19.2 Å². The molecule has 1 aliphatic heterocycles. The van der Waals surface area contributed by atoms with Crippen LogP contribution in [0.1, 0.15) is 24.3 Å². The molecule has 2 heterocycles. The molecule has 0 bridgehead atoms. The molecule has 2 rings (SSSR count). The highest BCUT2D eigenvalue weighted by Gasteiger charge is 2.35. The number of anilines is 1. The Hall–Kier alpha value is -1.22. The van der Waals surface area contributed by atoms with Crippen LogP contribution < -0.4 is 4.90 Å².